The van der Waals surface area contributed by atoms with Crippen molar-refractivity contribution in [2.75, 3.05) is 0 Å². The molecule has 0 unspecified atom stereocenters. The number of benzene rings is 1. The van der Waals surface area contributed by atoms with Gasteiger partial charge in [-0.3, -0.25) is 13.7 Å². The molecule has 0 atom stereocenters. The third-order valence-electron chi connectivity index (χ3n) is 2.44. The minimum absolute atomic E-state index is 0.240. The van der Waals surface area contributed by atoms with Crippen LogP contribution in [0.4, 0.5) is 0 Å². The highest BCUT2D eigenvalue weighted by Gasteiger charge is 2.39. The zero-order chi connectivity index (χ0) is 19.2. The summed E-state index contributed by atoms with van der Waals surface area (Å²) in [5, 5.41) is 17.8. The van der Waals surface area contributed by atoms with Crippen molar-refractivity contribution in [2.45, 2.75) is 14.7 Å². The molecule has 0 saturated carbocycles. The van der Waals surface area contributed by atoms with Crippen molar-refractivity contribution in [1.82, 2.24) is 0 Å². The van der Waals surface area contributed by atoms with E-state index in [9.17, 15) is 34.8 Å². The number of hydrogen-bond acceptors (Lipinski definition) is 8. The number of rotatable bonds is 5. The summed E-state index contributed by atoms with van der Waals surface area (Å²) in [6.45, 7) is 0. The molecular weight excluding hydrogens is 400 g/mol. The van der Waals surface area contributed by atoms with E-state index in [1.54, 1.807) is 0 Å². The van der Waals surface area contributed by atoms with Gasteiger partial charge in [0.05, 0.1) is 5.56 Å². The molecule has 0 radical (unpaired) electrons. The first-order valence-corrected chi connectivity index (χ1v) is 9.41. The fourth-order valence-electron chi connectivity index (χ4n) is 1.69. The predicted octanol–water partition coefficient (Wildman–Crippen LogP) is -1.18. The van der Waals surface area contributed by atoms with E-state index in [1.807, 2.05) is 0 Å². The van der Waals surface area contributed by atoms with Crippen LogP contribution >= 0.6 is 0 Å². The van der Waals surface area contributed by atoms with Gasteiger partial charge in [0.2, 0.25) is 0 Å². The van der Waals surface area contributed by atoms with Crippen molar-refractivity contribution >= 4 is 42.3 Å². The van der Waals surface area contributed by atoms with Crippen LogP contribution in [0.1, 0.15) is 20.7 Å². The Bertz CT molecular complexity index is 1060. The van der Waals surface area contributed by atoms with Gasteiger partial charge in [-0.1, -0.05) is 0 Å². The molecule has 134 valence electrons. The molecule has 0 aromatic heterocycles. The highest BCUT2D eigenvalue weighted by Crippen LogP contribution is 2.33. The molecule has 0 spiro atoms. The fraction of sp³-hybridized carbons (Fsp3) is 0. The average Bonchev–Trinajstić information content (AvgIpc) is 2.32. The minimum Gasteiger partial charge on any atom is -0.478 e. The third-order valence-corrected chi connectivity index (χ3v) is 5.32. The van der Waals surface area contributed by atoms with Crippen LogP contribution in [0.15, 0.2) is 20.8 Å². The number of hydrogen-bond donors (Lipinski definition) is 5. The lowest BCUT2D eigenvalue weighted by Gasteiger charge is -2.14. The van der Waals surface area contributed by atoms with E-state index in [2.05, 4.69) is 0 Å². The van der Waals surface area contributed by atoms with Gasteiger partial charge >= 0.3 is 11.9 Å². The van der Waals surface area contributed by atoms with Crippen LogP contribution in [0.25, 0.3) is 0 Å². The lowest BCUT2D eigenvalue weighted by atomic mass is 10.1. The SMILES string of the molecule is O=C(O)c1cc(S(=O)(=O)O)c(S(=O)(=O)O)c(C(=O)O)c1S(=O)(=O)O. The molecule has 0 saturated heterocycles. The fourth-order valence-corrected chi connectivity index (χ4v) is 4.62. The maximum absolute atomic E-state index is 11.3. The zero-order valence-electron chi connectivity index (χ0n) is 10.8. The first-order chi connectivity index (χ1) is 10.5. The van der Waals surface area contributed by atoms with Gasteiger partial charge in [0.15, 0.2) is 0 Å². The Morgan fingerprint density at radius 2 is 1.12 bits per heavy atom. The molecule has 1 rings (SSSR count). The van der Waals surface area contributed by atoms with Crippen LogP contribution in [0.5, 0.6) is 0 Å². The Hall–Kier alpha value is -2.11. The molecule has 0 aliphatic rings. The Morgan fingerprint density at radius 1 is 0.708 bits per heavy atom. The number of carboxylic acid groups (broad SMARTS) is 2. The molecule has 5 N–H and O–H groups in total. The molecular formula is C8H6O13S3. The topological polar surface area (TPSA) is 238 Å². The first-order valence-electron chi connectivity index (χ1n) is 5.09. The lowest BCUT2D eigenvalue weighted by molar-refractivity contribution is 0.0683. The van der Waals surface area contributed by atoms with Crippen molar-refractivity contribution in [1.29, 1.82) is 0 Å². The summed E-state index contributed by atoms with van der Waals surface area (Å²) in [6.07, 6.45) is 0. The molecule has 0 aliphatic carbocycles. The summed E-state index contributed by atoms with van der Waals surface area (Å²) < 4.78 is 94.4. The smallest absolute Gasteiger partial charge is 0.338 e. The van der Waals surface area contributed by atoms with Gasteiger partial charge in [0.1, 0.15) is 20.2 Å². The zero-order valence-corrected chi connectivity index (χ0v) is 13.3. The molecule has 1 aromatic carbocycles. The largest absolute Gasteiger partial charge is 0.478 e. The van der Waals surface area contributed by atoms with Crippen molar-refractivity contribution in [3.63, 3.8) is 0 Å². The van der Waals surface area contributed by atoms with Gasteiger partial charge in [-0.05, 0) is 6.07 Å². The van der Waals surface area contributed by atoms with Gasteiger partial charge in [0.25, 0.3) is 30.4 Å². The van der Waals surface area contributed by atoms with E-state index >= 15 is 0 Å². The summed E-state index contributed by atoms with van der Waals surface area (Å²) in [6, 6.07) is -0.240. The monoisotopic (exact) mass is 406 g/mol. The summed E-state index contributed by atoms with van der Waals surface area (Å²) in [7, 11) is -17.2. The van der Waals surface area contributed by atoms with E-state index in [0.717, 1.165) is 0 Å². The van der Waals surface area contributed by atoms with E-state index < -0.39 is 68.1 Å². The second kappa shape index (κ2) is 5.76. The van der Waals surface area contributed by atoms with Crippen molar-refractivity contribution in [3.8, 4) is 0 Å². The number of carboxylic acids is 2. The van der Waals surface area contributed by atoms with Gasteiger partial charge in [-0.15, -0.1) is 0 Å². The Morgan fingerprint density at radius 3 is 1.38 bits per heavy atom. The van der Waals surface area contributed by atoms with E-state index in [4.69, 9.17) is 23.9 Å². The lowest BCUT2D eigenvalue weighted by Crippen LogP contribution is -2.22. The second-order valence-corrected chi connectivity index (χ2v) is 8.10. The molecule has 0 bridgehead atoms. The van der Waals surface area contributed by atoms with Crippen LogP contribution in [0.2, 0.25) is 0 Å². The molecule has 0 heterocycles. The van der Waals surface area contributed by atoms with Crippen molar-refractivity contribution in [2.24, 2.45) is 0 Å². The number of carbonyl (C=O) groups is 2. The van der Waals surface area contributed by atoms with Crippen LogP contribution in [-0.4, -0.2) is 61.1 Å². The third kappa shape index (κ3) is 3.68. The van der Waals surface area contributed by atoms with Gasteiger partial charge in [-0.25, -0.2) is 9.59 Å². The normalized spacial score (nSPS) is 12.8. The Kier molecular flexibility index (Phi) is 4.78. The molecule has 1 aromatic rings. The standard InChI is InChI=1S/C8H6O13S3/c9-7(10)2-1-3(22(13,14)15)6(24(19,20)21)4(8(11)12)5(2)23(16,17)18/h1H,(H,9,10)(H,11,12)(H,13,14,15)(H,16,17,18)(H,19,20,21). The van der Waals surface area contributed by atoms with Crippen LogP contribution in [0, 0.1) is 0 Å². The highest BCUT2D eigenvalue weighted by atomic mass is 32.2. The van der Waals surface area contributed by atoms with Gasteiger partial charge in [0, 0.05) is 0 Å². The quantitative estimate of drug-likeness (QED) is 0.362. The van der Waals surface area contributed by atoms with Crippen LogP contribution in [0.3, 0.4) is 0 Å². The molecule has 0 amide bonds. The minimum atomic E-state index is -5.81. The van der Waals surface area contributed by atoms with E-state index in [0.29, 0.717) is 0 Å². The summed E-state index contributed by atoms with van der Waals surface area (Å²) in [5.74, 6) is -4.81. The van der Waals surface area contributed by atoms with Crippen LogP contribution < -0.4 is 0 Å². The maximum Gasteiger partial charge on any atom is 0.338 e. The molecule has 24 heavy (non-hydrogen) atoms. The Balaban J connectivity index is 4.56. The first kappa shape index (κ1) is 19.9. The van der Waals surface area contributed by atoms with Gasteiger partial charge in [-0.2, -0.15) is 25.3 Å². The van der Waals surface area contributed by atoms with E-state index in [1.165, 1.54) is 0 Å². The van der Waals surface area contributed by atoms with Gasteiger partial charge < -0.3 is 10.2 Å². The average molecular weight is 406 g/mol. The summed E-state index contributed by atoms with van der Waals surface area (Å²) >= 11 is 0. The van der Waals surface area contributed by atoms with Crippen molar-refractivity contribution < 1.29 is 58.7 Å². The van der Waals surface area contributed by atoms with Crippen LogP contribution in [-0.2, 0) is 30.4 Å². The highest BCUT2D eigenvalue weighted by molar-refractivity contribution is 7.89. The Labute approximate surface area is 133 Å². The predicted molar refractivity (Wildman–Crippen MR) is 69.8 cm³/mol. The summed E-state index contributed by atoms with van der Waals surface area (Å²) in [4.78, 5) is 16.2. The van der Waals surface area contributed by atoms with Crippen molar-refractivity contribution in [3.05, 3.63) is 17.2 Å². The molecule has 16 heteroatoms. The summed E-state index contributed by atoms with van der Waals surface area (Å²) in [5.41, 5.74) is -3.75. The second-order valence-electron chi connectivity index (χ2n) is 3.99. The van der Waals surface area contributed by atoms with E-state index in [-0.39, 0.29) is 6.07 Å². The maximum atomic E-state index is 11.3. The molecule has 13 nitrogen and oxygen atoms in total. The number of aromatic carboxylic acids is 2. The molecule has 0 aliphatic heterocycles. The molecule has 0 fully saturated rings.